The van der Waals surface area contributed by atoms with E-state index in [-0.39, 0.29) is 0 Å². The van der Waals surface area contributed by atoms with Crippen molar-refractivity contribution in [3.63, 3.8) is 0 Å². The van der Waals surface area contributed by atoms with Crippen LogP contribution in [0.25, 0.3) is 0 Å². The van der Waals surface area contributed by atoms with Gasteiger partial charge in [0.1, 0.15) is 6.26 Å². The molecule has 0 spiro atoms. The van der Waals surface area contributed by atoms with Crippen LogP contribution in [0, 0.1) is 0 Å². The van der Waals surface area contributed by atoms with E-state index in [0.29, 0.717) is 12.1 Å². The highest BCUT2D eigenvalue weighted by molar-refractivity contribution is 5.31. The van der Waals surface area contributed by atoms with Crippen LogP contribution < -0.4 is 10.2 Å². The Bertz CT molecular complexity index is 389. The summed E-state index contributed by atoms with van der Waals surface area (Å²) < 4.78 is 5.65. The van der Waals surface area contributed by atoms with Crippen LogP contribution in [-0.2, 0) is 6.54 Å². The maximum Gasteiger partial charge on any atom is 0.297 e. The molecule has 2 heterocycles. The van der Waals surface area contributed by atoms with Crippen molar-refractivity contribution >= 4 is 6.01 Å². The molecule has 5 heteroatoms. The van der Waals surface area contributed by atoms with Crippen LogP contribution in [0.15, 0.2) is 10.7 Å². The number of rotatable bonds is 6. The molecule has 0 saturated carbocycles. The Morgan fingerprint density at radius 3 is 3.00 bits per heavy atom. The molecule has 19 heavy (non-hydrogen) atoms. The van der Waals surface area contributed by atoms with Crippen molar-refractivity contribution in [2.75, 3.05) is 32.1 Å². The molecule has 1 saturated heterocycles. The van der Waals surface area contributed by atoms with Crippen LogP contribution in [0.3, 0.4) is 0 Å². The Kier molecular flexibility index (Phi) is 4.82. The minimum Gasteiger partial charge on any atom is -0.432 e. The van der Waals surface area contributed by atoms with Crippen molar-refractivity contribution < 1.29 is 4.42 Å². The van der Waals surface area contributed by atoms with E-state index in [1.54, 1.807) is 6.26 Å². The van der Waals surface area contributed by atoms with E-state index in [2.05, 4.69) is 48.0 Å². The number of hydrogen-bond acceptors (Lipinski definition) is 5. The molecular formula is C14H26N4O. The molecule has 0 aliphatic carbocycles. The number of nitrogens with zero attached hydrogens (tertiary/aromatic N) is 3. The fraction of sp³-hybridized carbons (Fsp3) is 0.786. The summed E-state index contributed by atoms with van der Waals surface area (Å²) in [4.78, 5) is 9.13. The predicted octanol–water partition coefficient (Wildman–Crippen LogP) is 1.70. The molecule has 1 aromatic rings. The van der Waals surface area contributed by atoms with Crippen molar-refractivity contribution in [1.82, 2.24) is 15.2 Å². The molecule has 0 aromatic carbocycles. The van der Waals surface area contributed by atoms with E-state index in [4.69, 9.17) is 4.42 Å². The van der Waals surface area contributed by atoms with Gasteiger partial charge in [0.2, 0.25) is 0 Å². The molecule has 1 atom stereocenters. The van der Waals surface area contributed by atoms with Gasteiger partial charge in [0, 0.05) is 31.7 Å². The highest BCUT2D eigenvalue weighted by atomic mass is 16.4. The summed E-state index contributed by atoms with van der Waals surface area (Å²) in [5, 5.41) is 3.36. The first kappa shape index (κ1) is 14.3. The second-order valence-corrected chi connectivity index (χ2v) is 5.91. The smallest absolute Gasteiger partial charge is 0.297 e. The number of oxazole rings is 1. The molecular weight excluding hydrogens is 240 g/mol. The molecule has 108 valence electrons. The molecule has 1 N–H and O–H groups in total. The van der Waals surface area contributed by atoms with Crippen LogP contribution in [0.4, 0.5) is 6.01 Å². The molecule has 1 unspecified atom stereocenters. The highest BCUT2D eigenvalue weighted by Crippen LogP contribution is 2.25. The number of anilines is 1. The van der Waals surface area contributed by atoms with Crippen molar-refractivity contribution in [2.45, 2.75) is 45.3 Å². The topological polar surface area (TPSA) is 44.5 Å². The van der Waals surface area contributed by atoms with Gasteiger partial charge in [-0.3, -0.25) is 0 Å². The van der Waals surface area contributed by atoms with Crippen molar-refractivity contribution in [3.05, 3.63) is 12.0 Å². The highest BCUT2D eigenvalue weighted by Gasteiger charge is 2.28. The number of hydrogen-bond donors (Lipinski definition) is 1. The summed E-state index contributed by atoms with van der Waals surface area (Å²) in [6.07, 6.45) is 4.22. The monoisotopic (exact) mass is 266 g/mol. The summed E-state index contributed by atoms with van der Waals surface area (Å²) in [5.74, 6) is 0. The van der Waals surface area contributed by atoms with Gasteiger partial charge in [0.15, 0.2) is 0 Å². The van der Waals surface area contributed by atoms with Crippen LogP contribution in [0.5, 0.6) is 0 Å². The Morgan fingerprint density at radius 2 is 2.32 bits per heavy atom. The molecule has 0 amide bonds. The van der Waals surface area contributed by atoms with Gasteiger partial charge >= 0.3 is 0 Å². The maximum absolute atomic E-state index is 5.65. The fourth-order valence-electron chi connectivity index (χ4n) is 2.52. The van der Waals surface area contributed by atoms with Crippen LogP contribution in [0.1, 0.15) is 32.4 Å². The minimum atomic E-state index is 0.466. The van der Waals surface area contributed by atoms with E-state index in [0.717, 1.165) is 31.3 Å². The zero-order chi connectivity index (χ0) is 13.8. The first-order valence-corrected chi connectivity index (χ1v) is 7.15. The van der Waals surface area contributed by atoms with E-state index in [1.165, 1.54) is 12.8 Å². The molecule has 0 bridgehead atoms. The molecule has 1 aliphatic rings. The molecule has 1 fully saturated rings. The van der Waals surface area contributed by atoms with Crippen LogP contribution >= 0.6 is 0 Å². The van der Waals surface area contributed by atoms with Crippen LogP contribution in [0.2, 0.25) is 0 Å². The molecule has 0 radical (unpaired) electrons. The normalized spacial score (nSPS) is 19.9. The molecule has 1 aliphatic heterocycles. The van der Waals surface area contributed by atoms with Crippen molar-refractivity contribution in [2.24, 2.45) is 0 Å². The average Bonchev–Trinajstić information content (AvgIpc) is 2.93. The number of likely N-dealkylation sites (N-methyl/N-ethyl adjacent to an activating group) is 1. The first-order chi connectivity index (χ1) is 9.06. The predicted molar refractivity (Wildman–Crippen MR) is 77.4 cm³/mol. The Balaban J connectivity index is 1.97. The van der Waals surface area contributed by atoms with Gasteiger partial charge in [-0.1, -0.05) is 13.8 Å². The summed E-state index contributed by atoms with van der Waals surface area (Å²) in [5.41, 5.74) is 0.985. The quantitative estimate of drug-likeness (QED) is 0.849. The lowest BCUT2D eigenvalue weighted by Gasteiger charge is -2.25. The zero-order valence-corrected chi connectivity index (χ0v) is 12.5. The minimum absolute atomic E-state index is 0.466. The summed E-state index contributed by atoms with van der Waals surface area (Å²) in [6.45, 7) is 7.15. The van der Waals surface area contributed by atoms with Gasteiger partial charge in [-0.25, -0.2) is 0 Å². The van der Waals surface area contributed by atoms with Gasteiger partial charge in [0.25, 0.3) is 6.01 Å². The van der Waals surface area contributed by atoms with Gasteiger partial charge in [-0.2, -0.15) is 4.98 Å². The standard InChI is InChI=1S/C14H26N4O/c1-11(2)15-8-12-10-19-14(16-12)18-7-5-6-13(18)9-17(3)4/h10-11,13,15H,5-9H2,1-4H3. The lowest BCUT2D eigenvalue weighted by molar-refractivity contribution is 0.365. The molecule has 1 aromatic heterocycles. The third-order valence-corrected chi connectivity index (χ3v) is 3.43. The number of nitrogens with one attached hydrogen (secondary N) is 1. The number of aromatic nitrogens is 1. The van der Waals surface area contributed by atoms with E-state index < -0.39 is 0 Å². The van der Waals surface area contributed by atoms with E-state index in [1.807, 2.05) is 0 Å². The van der Waals surface area contributed by atoms with Gasteiger partial charge < -0.3 is 19.5 Å². The Hall–Kier alpha value is -1.07. The Labute approximate surface area is 116 Å². The van der Waals surface area contributed by atoms with Crippen LogP contribution in [-0.4, -0.2) is 49.2 Å². The van der Waals surface area contributed by atoms with Crippen molar-refractivity contribution in [3.8, 4) is 0 Å². The fourth-order valence-corrected chi connectivity index (χ4v) is 2.52. The second-order valence-electron chi connectivity index (χ2n) is 5.91. The summed E-state index contributed by atoms with van der Waals surface area (Å²) in [6, 6.07) is 1.78. The third-order valence-electron chi connectivity index (χ3n) is 3.43. The van der Waals surface area contributed by atoms with E-state index in [9.17, 15) is 0 Å². The van der Waals surface area contributed by atoms with E-state index >= 15 is 0 Å². The maximum atomic E-state index is 5.65. The molecule has 2 rings (SSSR count). The summed E-state index contributed by atoms with van der Waals surface area (Å²) in [7, 11) is 4.23. The van der Waals surface area contributed by atoms with Gasteiger partial charge in [-0.05, 0) is 26.9 Å². The largest absolute Gasteiger partial charge is 0.432 e. The third kappa shape index (κ3) is 3.94. The zero-order valence-electron chi connectivity index (χ0n) is 12.5. The SMILES string of the molecule is CC(C)NCc1coc(N2CCCC2CN(C)C)n1. The Morgan fingerprint density at radius 1 is 1.53 bits per heavy atom. The van der Waals surface area contributed by atoms with Gasteiger partial charge in [0.05, 0.1) is 5.69 Å². The van der Waals surface area contributed by atoms with Gasteiger partial charge in [-0.15, -0.1) is 0 Å². The summed E-state index contributed by atoms with van der Waals surface area (Å²) >= 11 is 0. The lowest BCUT2D eigenvalue weighted by Crippen LogP contribution is -2.37. The first-order valence-electron chi connectivity index (χ1n) is 7.15. The molecule has 5 nitrogen and oxygen atoms in total. The van der Waals surface area contributed by atoms with Crippen molar-refractivity contribution in [1.29, 1.82) is 0 Å². The second kappa shape index (κ2) is 6.39. The lowest BCUT2D eigenvalue weighted by atomic mass is 10.2. The average molecular weight is 266 g/mol.